The minimum atomic E-state index is -0.0679. The van der Waals surface area contributed by atoms with E-state index in [2.05, 4.69) is 61.3 Å². The van der Waals surface area contributed by atoms with E-state index < -0.39 is 0 Å². The van der Waals surface area contributed by atoms with E-state index in [9.17, 15) is 0 Å². The van der Waals surface area contributed by atoms with Crippen LogP contribution >= 0.6 is 11.6 Å². The molecule has 0 aliphatic carbocycles. The van der Waals surface area contributed by atoms with E-state index in [-0.39, 0.29) is 12.3 Å². The van der Waals surface area contributed by atoms with Crippen LogP contribution < -0.4 is 4.74 Å². The molecule has 0 bridgehead atoms. The number of nitrogens with zero attached hydrogens (tertiary/aromatic N) is 2. The monoisotopic (exact) mass is 376 g/mol. The molecule has 0 amide bonds. The van der Waals surface area contributed by atoms with Gasteiger partial charge >= 0.3 is 0 Å². The van der Waals surface area contributed by atoms with Crippen molar-refractivity contribution >= 4 is 28.1 Å². The van der Waals surface area contributed by atoms with Crippen LogP contribution in [0.25, 0.3) is 10.8 Å². The fourth-order valence-electron chi connectivity index (χ4n) is 4.07. The Morgan fingerprint density at radius 1 is 1.04 bits per heavy atom. The van der Waals surface area contributed by atoms with Crippen LogP contribution in [0.15, 0.2) is 65.8 Å². The van der Waals surface area contributed by atoms with Crippen molar-refractivity contribution in [1.29, 1.82) is 0 Å². The van der Waals surface area contributed by atoms with Crippen molar-refractivity contribution in [2.24, 2.45) is 11.0 Å². The molecule has 3 aromatic rings. The van der Waals surface area contributed by atoms with Crippen LogP contribution in [-0.2, 0) is 0 Å². The lowest BCUT2D eigenvalue weighted by atomic mass is 9.94. The molecule has 0 saturated carbocycles. The molecule has 2 unspecified atom stereocenters. The second-order valence-corrected chi connectivity index (χ2v) is 8.08. The molecule has 5 rings (SSSR count). The number of halogens is 1. The van der Waals surface area contributed by atoms with Gasteiger partial charge in [0.2, 0.25) is 0 Å². The predicted octanol–water partition coefficient (Wildman–Crippen LogP) is 6.02. The van der Waals surface area contributed by atoms with Gasteiger partial charge < -0.3 is 4.74 Å². The summed E-state index contributed by atoms with van der Waals surface area (Å²) in [6.07, 6.45) is 0.791. The summed E-state index contributed by atoms with van der Waals surface area (Å²) in [6, 6.07) is 21.1. The molecular weight excluding hydrogens is 356 g/mol. The van der Waals surface area contributed by atoms with Crippen molar-refractivity contribution in [3.63, 3.8) is 0 Å². The quantitative estimate of drug-likeness (QED) is 0.546. The van der Waals surface area contributed by atoms with Gasteiger partial charge in [-0.05, 0) is 40.6 Å². The van der Waals surface area contributed by atoms with Crippen molar-refractivity contribution in [3.8, 4) is 5.75 Å². The number of fused-ring (bicyclic) bond motifs is 4. The lowest BCUT2D eigenvalue weighted by molar-refractivity contribution is -0.0461. The highest BCUT2D eigenvalue weighted by Gasteiger charge is 2.41. The minimum absolute atomic E-state index is 0.0679. The lowest BCUT2D eigenvalue weighted by Gasteiger charge is -2.40. The molecule has 2 aliphatic rings. The molecule has 27 heavy (non-hydrogen) atoms. The number of hydrogen-bond acceptors (Lipinski definition) is 3. The SMILES string of the molecule is CC(C)C1Oc2ccc(Cl)cc2C2CC(c3ccc4ccccc4c3)=NN21. The zero-order chi connectivity index (χ0) is 18.5. The third kappa shape index (κ3) is 2.78. The summed E-state index contributed by atoms with van der Waals surface area (Å²) in [6.45, 7) is 4.35. The highest BCUT2D eigenvalue weighted by molar-refractivity contribution is 6.30. The van der Waals surface area contributed by atoms with Crippen LogP contribution in [0.5, 0.6) is 5.75 Å². The molecule has 0 fully saturated rings. The maximum absolute atomic E-state index is 6.28. The molecule has 2 heterocycles. The van der Waals surface area contributed by atoms with Gasteiger partial charge in [0, 0.05) is 22.9 Å². The van der Waals surface area contributed by atoms with Crippen molar-refractivity contribution in [2.45, 2.75) is 32.5 Å². The molecule has 0 saturated heterocycles. The zero-order valence-electron chi connectivity index (χ0n) is 15.4. The minimum Gasteiger partial charge on any atom is -0.468 e. The third-order valence-corrected chi connectivity index (χ3v) is 5.67. The molecule has 2 aliphatic heterocycles. The number of ether oxygens (including phenoxy) is 1. The Balaban J connectivity index is 1.58. The Hall–Kier alpha value is -2.52. The van der Waals surface area contributed by atoms with Gasteiger partial charge in [0.1, 0.15) is 5.75 Å². The molecule has 4 heteroatoms. The second-order valence-electron chi connectivity index (χ2n) is 7.64. The van der Waals surface area contributed by atoms with E-state index in [4.69, 9.17) is 21.4 Å². The van der Waals surface area contributed by atoms with Crippen molar-refractivity contribution in [3.05, 3.63) is 76.8 Å². The molecule has 3 nitrogen and oxygen atoms in total. The number of benzene rings is 3. The Morgan fingerprint density at radius 2 is 1.85 bits per heavy atom. The van der Waals surface area contributed by atoms with Gasteiger partial charge in [-0.25, -0.2) is 5.01 Å². The smallest absolute Gasteiger partial charge is 0.190 e. The fourth-order valence-corrected chi connectivity index (χ4v) is 4.25. The van der Waals surface area contributed by atoms with Crippen LogP contribution in [0.2, 0.25) is 5.02 Å². The van der Waals surface area contributed by atoms with E-state index in [0.29, 0.717) is 5.92 Å². The van der Waals surface area contributed by atoms with Gasteiger partial charge in [-0.2, -0.15) is 5.10 Å². The van der Waals surface area contributed by atoms with Crippen LogP contribution in [0.1, 0.15) is 37.4 Å². The molecular formula is C23H21ClN2O. The van der Waals surface area contributed by atoms with Gasteiger partial charge in [-0.15, -0.1) is 0 Å². The highest BCUT2D eigenvalue weighted by Crippen LogP contribution is 2.45. The molecule has 136 valence electrons. The first-order valence-electron chi connectivity index (χ1n) is 9.41. The summed E-state index contributed by atoms with van der Waals surface area (Å²) in [5, 5.41) is 10.4. The predicted molar refractivity (Wildman–Crippen MR) is 110 cm³/mol. The number of hydrazone groups is 1. The first-order chi connectivity index (χ1) is 13.1. The van der Waals surface area contributed by atoms with Crippen molar-refractivity contribution in [2.75, 3.05) is 0 Å². The molecule has 0 spiro atoms. The van der Waals surface area contributed by atoms with Crippen LogP contribution in [0, 0.1) is 5.92 Å². The standard InChI is InChI=1S/C23H21ClN2O/c1-14(2)23-26-21(19-12-18(24)9-10-22(19)27-23)13-20(25-26)17-8-7-15-5-3-4-6-16(15)11-17/h3-12,14,21,23H,13H2,1-2H3. The summed E-state index contributed by atoms with van der Waals surface area (Å²) in [4.78, 5) is 0. The summed E-state index contributed by atoms with van der Waals surface area (Å²) in [7, 11) is 0. The van der Waals surface area contributed by atoms with E-state index in [1.54, 1.807) is 0 Å². The van der Waals surface area contributed by atoms with Gasteiger partial charge in [-0.3, -0.25) is 0 Å². The van der Waals surface area contributed by atoms with Gasteiger partial charge in [0.05, 0.1) is 11.8 Å². The molecule has 2 atom stereocenters. The fraction of sp³-hybridized carbons (Fsp3) is 0.261. The first kappa shape index (κ1) is 16.6. The summed E-state index contributed by atoms with van der Waals surface area (Å²) in [5.41, 5.74) is 3.40. The molecule has 0 aromatic heterocycles. The summed E-state index contributed by atoms with van der Waals surface area (Å²) >= 11 is 6.27. The Labute approximate surface area is 164 Å². The van der Waals surface area contributed by atoms with Gasteiger partial charge in [-0.1, -0.05) is 61.8 Å². The Bertz CT molecular complexity index is 1060. The lowest BCUT2D eigenvalue weighted by Crippen LogP contribution is -2.43. The van der Waals surface area contributed by atoms with Crippen LogP contribution in [0.3, 0.4) is 0 Å². The Kier molecular flexibility index (Phi) is 3.87. The Morgan fingerprint density at radius 3 is 2.67 bits per heavy atom. The van der Waals surface area contributed by atoms with E-state index in [0.717, 1.165) is 28.5 Å². The van der Waals surface area contributed by atoms with Gasteiger partial charge in [0.15, 0.2) is 6.23 Å². The third-order valence-electron chi connectivity index (χ3n) is 5.43. The first-order valence-corrected chi connectivity index (χ1v) is 9.79. The largest absolute Gasteiger partial charge is 0.468 e. The van der Waals surface area contributed by atoms with Crippen LogP contribution in [0.4, 0.5) is 0 Å². The molecule has 3 aromatic carbocycles. The van der Waals surface area contributed by atoms with Gasteiger partial charge in [0.25, 0.3) is 0 Å². The zero-order valence-corrected chi connectivity index (χ0v) is 16.1. The molecule has 0 radical (unpaired) electrons. The summed E-state index contributed by atoms with van der Waals surface area (Å²) in [5.74, 6) is 1.25. The van der Waals surface area contributed by atoms with Crippen LogP contribution in [-0.4, -0.2) is 16.9 Å². The molecule has 0 N–H and O–H groups in total. The number of hydrogen-bond donors (Lipinski definition) is 0. The average molecular weight is 377 g/mol. The normalized spacial score (nSPS) is 21.0. The van der Waals surface area contributed by atoms with E-state index >= 15 is 0 Å². The second kappa shape index (κ2) is 6.28. The maximum atomic E-state index is 6.28. The van der Waals surface area contributed by atoms with E-state index in [1.807, 2.05) is 18.2 Å². The van der Waals surface area contributed by atoms with E-state index in [1.165, 1.54) is 16.3 Å². The van der Waals surface area contributed by atoms with Crippen molar-refractivity contribution in [1.82, 2.24) is 5.01 Å². The maximum Gasteiger partial charge on any atom is 0.190 e. The topological polar surface area (TPSA) is 24.8 Å². The number of rotatable bonds is 2. The highest BCUT2D eigenvalue weighted by atomic mass is 35.5. The van der Waals surface area contributed by atoms with Crippen molar-refractivity contribution < 1.29 is 4.74 Å². The average Bonchev–Trinajstić information content (AvgIpc) is 3.12. The summed E-state index contributed by atoms with van der Waals surface area (Å²) < 4.78 is 6.28.